The van der Waals surface area contributed by atoms with E-state index in [0.29, 0.717) is 0 Å². The van der Waals surface area contributed by atoms with Gasteiger partial charge in [0.05, 0.1) is 0 Å². The zero-order valence-corrected chi connectivity index (χ0v) is 10.6. The first-order valence-electron chi connectivity index (χ1n) is 5.75. The second-order valence-electron chi connectivity index (χ2n) is 4.25. The SMILES string of the molecule is CNS(=O)(=O)c1ccc(NCCC2CC2)nc1. The van der Waals surface area contributed by atoms with Crippen molar-refractivity contribution in [3.05, 3.63) is 18.3 Å². The molecule has 1 aliphatic rings. The van der Waals surface area contributed by atoms with E-state index in [-0.39, 0.29) is 4.90 Å². The number of pyridine rings is 1. The van der Waals surface area contributed by atoms with Crippen molar-refractivity contribution < 1.29 is 8.42 Å². The highest BCUT2D eigenvalue weighted by Gasteiger charge is 2.20. The van der Waals surface area contributed by atoms with E-state index in [1.54, 1.807) is 12.1 Å². The van der Waals surface area contributed by atoms with E-state index in [2.05, 4.69) is 15.0 Å². The average molecular weight is 255 g/mol. The summed E-state index contributed by atoms with van der Waals surface area (Å²) in [6.45, 7) is 0.899. The number of nitrogens with one attached hydrogen (secondary N) is 2. The molecule has 1 aliphatic carbocycles. The minimum atomic E-state index is -3.38. The molecule has 1 heterocycles. The third kappa shape index (κ3) is 3.41. The number of nitrogens with zero attached hydrogens (tertiary/aromatic N) is 1. The summed E-state index contributed by atoms with van der Waals surface area (Å²) < 4.78 is 25.2. The summed E-state index contributed by atoms with van der Waals surface area (Å²) in [7, 11) is -1.99. The molecule has 0 amide bonds. The minimum Gasteiger partial charge on any atom is -0.370 e. The van der Waals surface area contributed by atoms with Crippen molar-refractivity contribution in [2.45, 2.75) is 24.2 Å². The zero-order chi connectivity index (χ0) is 12.3. The lowest BCUT2D eigenvalue weighted by Crippen LogP contribution is -2.18. The maximum absolute atomic E-state index is 11.5. The maximum Gasteiger partial charge on any atom is 0.241 e. The topological polar surface area (TPSA) is 71.1 Å². The third-order valence-corrected chi connectivity index (χ3v) is 4.27. The van der Waals surface area contributed by atoms with E-state index < -0.39 is 10.0 Å². The largest absolute Gasteiger partial charge is 0.370 e. The molecule has 0 aliphatic heterocycles. The molecular formula is C11H17N3O2S. The molecule has 1 saturated carbocycles. The van der Waals surface area contributed by atoms with Gasteiger partial charge in [-0.3, -0.25) is 0 Å². The fourth-order valence-electron chi connectivity index (χ4n) is 1.57. The maximum atomic E-state index is 11.5. The summed E-state index contributed by atoms with van der Waals surface area (Å²) in [4.78, 5) is 4.27. The number of rotatable bonds is 6. The zero-order valence-electron chi connectivity index (χ0n) is 9.81. The van der Waals surface area contributed by atoms with Crippen LogP contribution < -0.4 is 10.0 Å². The lowest BCUT2D eigenvalue weighted by molar-refractivity contribution is 0.588. The molecule has 2 N–H and O–H groups in total. The summed E-state index contributed by atoms with van der Waals surface area (Å²) >= 11 is 0. The van der Waals surface area contributed by atoms with Crippen molar-refractivity contribution >= 4 is 15.8 Å². The molecular weight excluding hydrogens is 238 g/mol. The van der Waals surface area contributed by atoms with Crippen molar-refractivity contribution in [1.29, 1.82) is 0 Å². The van der Waals surface area contributed by atoms with Crippen molar-refractivity contribution in [2.75, 3.05) is 18.9 Å². The highest BCUT2D eigenvalue weighted by Crippen LogP contribution is 2.31. The minimum absolute atomic E-state index is 0.188. The number of aromatic nitrogens is 1. The van der Waals surface area contributed by atoms with Gasteiger partial charge in [-0.2, -0.15) is 0 Å². The van der Waals surface area contributed by atoms with Crippen LogP contribution in [0.2, 0.25) is 0 Å². The first-order chi connectivity index (χ1) is 8.12. The van der Waals surface area contributed by atoms with Crippen LogP contribution in [0.5, 0.6) is 0 Å². The van der Waals surface area contributed by atoms with Crippen LogP contribution in [0.25, 0.3) is 0 Å². The molecule has 6 heteroatoms. The van der Waals surface area contributed by atoms with E-state index in [1.807, 2.05) is 0 Å². The van der Waals surface area contributed by atoms with E-state index >= 15 is 0 Å². The highest BCUT2D eigenvalue weighted by molar-refractivity contribution is 7.89. The van der Waals surface area contributed by atoms with E-state index in [0.717, 1.165) is 24.7 Å². The van der Waals surface area contributed by atoms with Crippen molar-refractivity contribution in [3.8, 4) is 0 Å². The lowest BCUT2D eigenvalue weighted by atomic mass is 10.3. The van der Waals surface area contributed by atoms with Gasteiger partial charge in [-0.05, 0) is 31.5 Å². The number of sulfonamides is 1. The molecule has 0 atom stereocenters. The van der Waals surface area contributed by atoms with E-state index in [4.69, 9.17) is 0 Å². The van der Waals surface area contributed by atoms with Crippen LogP contribution in [0, 0.1) is 5.92 Å². The van der Waals surface area contributed by atoms with Gasteiger partial charge in [0.2, 0.25) is 10.0 Å². The Morgan fingerprint density at radius 1 is 1.41 bits per heavy atom. The highest BCUT2D eigenvalue weighted by atomic mass is 32.2. The van der Waals surface area contributed by atoms with Gasteiger partial charge in [0, 0.05) is 12.7 Å². The van der Waals surface area contributed by atoms with Gasteiger partial charge in [-0.1, -0.05) is 12.8 Å². The van der Waals surface area contributed by atoms with Crippen molar-refractivity contribution in [3.63, 3.8) is 0 Å². The summed E-state index contributed by atoms with van der Waals surface area (Å²) in [5.74, 6) is 1.60. The average Bonchev–Trinajstić information content (AvgIpc) is 3.14. The van der Waals surface area contributed by atoms with Crippen LogP contribution in [0.1, 0.15) is 19.3 Å². The fourth-order valence-corrected chi connectivity index (χ4v) is 2.25. The Labute approximate surface area is 102 Å². The van der Waals surface area contributed by atoms with Crippen LogP contribution in [0.3, 0.4) is 0 Å². The molecule has 0 unspecified atom stereocenters. The van der Waals surface area contributed by atoms with Crippen LogP contribution in [0.4, 0.5) is 5.82 Å². The second-order valence-corrected chi connectivity index (χ2v) is 6.13. The van der Waals surface area contributed by atoms with Gasteiger partial charge in [0.15, 0.2) is 0 Å². The molecule has 17 heavy (non-hydrogen) atoms. The Morgan fingerprint density at radius 2 is 2.18 bits per heavy atom. The number of anilines is 1. The summed E-state index contributed by atoms with van der Waals surface area (Å²) in [6, 6.07) is 3.25. The normalized spacial score (nSPS) is 15.8. The predicted molar refractivity (Wildman–Crippen MR) is 66.3 cm³/mol. The molecule has 0 saturated heterocycles. The van der Waals surface area contributed by atoms with Gasteiger partial charge in [-0.15, -0.1) is 0 Å². The molecule has 1 aromatic heterocycles. The molecule has 2 rings (SSSR count). The first-order valence-corrected chi connectivity index (χ1v) is 7.23. The van der Waals surface area contributed by atoms with E-state index in [1.165, 1.54) is 26.1 Å². The Bertz CT molecular complexity index is 466. The Kier molecular flexibility index (Phi) is 3.63. The summed E-state index contributed by atoms with van der Waals surface area (Å²) in [6.07, 6.45) is 5.21. The van der Waals surface area contributed by atoms with Crippen molar-refractivity contribution in [1.82, 2.24) is 9.71 Å². The monoisotopic (exact) mass is 255 g/mol. The van der Waals surface area contributed by atoms with Crippen molar-refractivity contribution in [2.24, 2.45) is 5.92 Å². The van der Waals surface area contributed by atoms with Gasteiger partial charge >= 0.3 is 0 Å². The molecule has 1 aromatic rings. The van der Waals surface area contributed by atoms with Gasteiger partial charge < -0.3 is 5.32 Å². The summed E-state index contributed by atoms with van der Waals surface area (Å²) in [5, 5.41) is 3.19. The summed E-state index contributed by atoms with van der Waals surface area (Å²) in [5.41, 5.74) is 0. The first kappa shape index (κ1) is 12.3. The van der Waals surface area contributed by atoms with Crippen LogP contribution >= 0.6 is 0 Å². The molecule has 1 fully saturated rings. The van der Waals surface area contributed by atoms with E-state index in [9.17, 15) is 8.42 Å². The predicted octanol–water partition coefficient (Wildman–Crippen LogP) is 1.20. The molecule has 0 bridgehead atoms. The van der Waals surface area contributed by atoms with Gasteiger partial charge in [-0.25, -0.2) is 18.1 Å². The van der Waals surface area contributed by atoms with Crippen LogP contribution in [-0.2, 0) is 10.0 Å². The molecule has 0 radical (unpaired) electrons. The van der Waals surface area contributed by atoms with Crippen LogP contribution in [0.15, 0.2) is 23.2 Å². The van der Waals surface area contributed by atoms with Gasteiger partial charge in [0.25, 0.3) is 0 Å². The molecule has 0 spiro atoms. The molecule has 94 valence electrons. The third-order valence-electron chi connectivity index (χ3n) is 2.87. The Balaban J connectivity index is 1.92. The standard InChI is InChI=1S/C11H17N3O2S/c1-12-17(15,16)10-4-5-11(14-8-10)13-7-6-9-2-3-9/h4-5,8-9,12H,2-3,6-7H2,1H3,(H,13,14). The smallest absolute Gasteiger partial charge is 0.241 e. The Morgan fingerprint density at radius 3 is 2.71 bits per heavy atom. The Hall–Kier alpha value is -1.14. The quantitative estimate of drug-likeness (QED) is 0.801. The molecule has 0 aromatic carbocycles. The number of hydrogen-bond acceptors (Lipinski definition) is 4. The second kappa shape index (κ2) is 5.01. The fraction of sp³-hybridized carbons (Fsp3) is 0.545. The lowest BCUT2D eigenvalue weighted by Gasteiger charge is -2.06. The number of hydrogen-bond donors (Lipinski definition) is 2. The van der Waals surface area contributed by atoms with Gasteiger partial charge in [0.1, 0.15) is 10.7 Å². The molecule has 5 nitrogen and oxygen atoms in total. The van der Waals surface area contributed by atoms with Crippen LogP contribution in [-0.4, -0.2) is 27.0 Å².